The normalized spacial score (nSPS) is 14.4. The molecule has 1 aliphatic heterocycles. The Kier molecular flexibility index (Phi) is 7.91. The molecule has 7 nitrogen and oxygen atoms in total. The number of aryl methyl sites for hydroxylation is 1. The number of benzene rings is 2. The third-order valence-corrected chi connectivity index (χ3v) is 6.41. The largest absolute Gasteiger partial charge is 0.369 e. The minimum Gasteiger partial charge on any atom is -0.369 e. The average molecular weight is 465 g/mol. The molecule has 4 rings (SSSR count). The van der Waals surface area contributed by atoms with Crippen LogP contribution in [0.5, 0.6) is 0 Å². The fraction of sp³-hybridized carbons (Fsp3) is 0.400. The highest BCUT2D eigenvalue weighted by Gasteiger charge is 2.18. The SMILES string of the molecule is CCCc1n[nH]c(=S)n1CC(=O)NCc1ccccc1CN1CCN(c2ccccc2)CC1. The monoisotopic (exact) mass is 464 g/mol. The van der Waals surface area contributed by atoms with E-state index in [4.69, 9.17) is 12.2 Å². The van der Waals surface area contributed by atoms with Crippen molar-refractivity contribution in [2.45, 2.75) is 39.4 Å². The van der Waals surface area contributed by atoms with Crippen LogP contribution in [-0.2, 0) is 30.8 Å². The van der Waals surface area contributed by atoms with Crippen molar-refractivity contribution in [2.75, 3.05) is 31.1 Å². The first kappa shape index (κ1) is 23.2. The lowest BCUT2D eigenvalue weighted by molar-refractivity contribution is -0.121. The van der Waals surface area contributed by atoms with E-state index in [0.717, 1.165) is 57.0 Å². The number of carbonyl (C=O) groups is 1. The van der Waals surface area contributed by atoms with Crippen molar-refractivity contribution >= 4 is 23.8 Å². The lowest BCUT2D eigenvalue weighted by Crippen LogP contribution is -2.46. The lowest BCUT2D eigenvalue weighted by Gasteiger charge is -2.36. The van der Waals surface area contributed by atoms with Crippen molar-refractivity contribution in [3.63, 3.8) is 0 Å². The Labute approximate surface area is 200 Å². The highest BCUT2D eigenvalue weighted by atomic mass is 32.1. The third-order valence-electron chi connectivity index (χ3n) is 6.09. The second-order valence-corrected chi connectivity index (χ2v) is 8.81. The molecule has 1 fully saturated rings. The summed E-state index contributed by atoms with van der Waals surface area (Å²) in [6.45, 7) is 7.76. The van der Waals surface area contributed by atoms with E-state index in [9.17, 15) is 4.79 Å². The van der Waals surface area contributed by atoms with Gasteiger partial charge in [-0.2, -0.15) is 5.10 Å². The average Bonchev–Trinajstić information content (AvgIpc) is 3.18. The van der Waals surface area contributed by atoms with Crippen molar-refractivity contribution < 1.29 is 4.79 Å². The number of hydrogen-bond acceptors (Lipinski definition) is 5. The number of hydrogen-bond donors (Lipinski definition) is 2. The number of aromatic amines is 1. The molecule has 0 radical (unpaired) electrons. The number of nitrogens with one attached hydrogen (secondary N) is 2. The molecule has 1 amide bonds. The van der Waals surface area contributed by atoms with E-state index >= 15 is 0 Å². The highest BCUT2D eigenvalue weighted by molar-refractivity contribution is 7.71. The predicted molar refractivity (Wildman–Crippen MR) is 134 cm³/mol. The van der Waals surface area contributed by atoms with E-state index < -0.39 is 0 Å². The number of para-hydroxylation sites is 1. The molecule has 1 aliphatic rings. The molecule has 174 valence electrons. The van der Waals surface area contributed by atoms with E-state index in [1.54, 1.807) is 4.57 Å². The van der Waals surface area contributed by atoms with Crippen molar-refractivity contribution in [1.82, 2.24) is 25.0 Å². The van der Waals surface area contributed by atoms with Crippen molar-refractivity contribution in [3.8, 4) is 0 Å². The molecule has 8 heteroatoms. The summed E-state index contributed by atoms with van der Waals surface area (Å²) in [4.78, 5) is 17.6. The van der Waals surface area contributed by atoms with Crippen molar-refractivity contribution in [1.29, 1.82) is 0 Å². The predicted octanol–water partition coefficient (Wildman–Crippen LogP) is 3.53. The molecule has 1 aromatic heterocycles. The Morgan fingerprint density at radius 3 is 2.45 bits per heavy atom. The zero-order valence-electron chi connectivity index (χ0n) is 19.2. The van der Waals surface area contributed by atoms with Crippen LogP contribution in [0.2, 0.25) is 0 Å². The molecular weight excluding hydrogens is 432 g/mol. The Bertz CT molecular complexity index is 1100. The van der Waals surface area contributed by atoms with Crippen LogP contribution in [0.1, 0.15) is 30.3 Å². The number of nitrogens with zero attached hydrogens (tertiary/aromatic N) is 4. The maximum atomic E-state index is 12.6. The van der Waals surface area contributed by atoms with Gasteiger partial charge in [0.2, 0.25) is 5.91 Å². The Morgan fingerprint density at radius 2 is 1.73 bits per heavy atom. The number of piperazine rings is 1. The molecule has 2 aromatic carbocycles. The van der Waals surface area contributed by atoms with Crippen molar-refractivity contribution in [3.05, 3.63) is 76.3 Å². The van der Waals surface area contributed by atoms with Gasteiger partial charge in [0, 0.05) is 51.4 Å². The Hall–Kier alpha value is -2.97. The summed E-state index contributed by atoms with van der Waals surface area (Å²) in [5, 5.41) is 10.1. The number of amides is 1. The maximum absolute atomic E-state index is 12.6. The first-order chi connectivity index (χ1) is 16.1. The summed E-state index contributed by atoms with van der Waals surface area (Å²) in [6.07, 6.45) is 1.75. The van der Waals surface area contributed by atoms with Gasteiger partial charge in [0.15, 0.2) is 4.77 Å². The van der Waals surface area contributed by atoms with Gasteiger partial charge in [-0.25, -0.2) is 0 Å². The van der Waals surface area contributed by atoms with Crippen LogP contribution >= 0.6 is 12.2 Å². The zero-order valence-corrected chi connectivity index (χ0v) is 20.0. The number of carbonyl (C=O) groups excluding carboxylic acids is 1. The first-order valence-corrected chi connectivity index (χ1v) is 12.0. The summed E-state index contributed by atoms with van der Waals surface area (Å²) in [7, 11) is 0. The molecule has 0 atom stereocenters. The van der Waals surface area contributed by atoms with E-state index in [-0.39, 0.29) is 12.5 Å². The van der Waals surface area contributed by atoms with E-state index in [0.29, 0.717) is 11.3 Å². The van der Waals surface area contributed by atoms with Gasteiger partial charge in [0.1, 0.15) is 12.4 Å². The van der Waals surface area contributed by atoms with Crippen LogP contribution < -0.4 is 10.2 Å². The van der Waals surface area contributed by atoms with Crippen LogP contribution in [-0.4, -0.2) is 51.8 Å². The highest BCUT2D eigenvalue weighted by Crippen LogP contribution is 2.18. The Balaban J connectivity index is 1.31. The number of H-pyrrole nitrogens is 1. The molecule has 0 spiro atoms. The molecule has 0 aliphatic carbocycles. The van der Waals surface area contributed by atoms with E-state index in [2.05, 4.69) is 80.8 Å². The molecule has 2 heterocycles. The summed E-state index contributed by atoms with van der Waals surface area (Å²) in [5.41, 5.74) is 3.71. The number of rotatable bonds is 9. The smallest absolute Gasteiger partial charge is 0.240 e. The molecule has 1 saturated heterocycles. The van der Waals surface area contributed by atoms with Gasteiger partial charge in [-0.15, -0.1) is 0 Å². The fourth-order valence-corrected chi connectivity index (χ4v) is 4.46. The van der Waals surface area contributed by atoms with Crippen LogP contribution in [0.15, 0.2) is 54.6 Å². The summed E-state index contributed by atoms with van der Waals surface area (Å²) >= 11 is 5.29. The topological polar surface area (TPSA) is 69.2 Å². The molecule has 3 aromatic rings. The minimum atomic E-state index is -0.0591. The number of aromatic nitrogens is 3. The maximum Gasteiger partial charge on any atom is 0.240 e. The molecule has 0 bridgehead atoms. The second kappa shape index (κ2) is 11.2. The fourth-order valence-electron chi connectivity index (χ4n) is 4.25. The van der Waals surface area contributed by atoms with Crippen molar-refractivity contribution in [2.24, 2.45) is 0 Å². The Morgan fingerprint density at radius 1 is 1.03 bits per heavy atom. The second-order valence-electron chi connectivity index (χ2n) is 8.43. The summed E-state index contributed by atoms with van der Waals surface area (Å²) in [5.74, 6) is 0.767. The standard InChI is InChI=1S/C25H32N6OS/c1-2-8-23-27-28-25(33)31(23)19-24(32)26-17-20-9-6-7-10-21(20)18-29-13-15-30(16-14-29)22-11-4-3-5-12-22/h3-7,9-12H,2,8,13-19H2,1H3,(H,26,32)(H,28,33). The number of anilines is 1. The van der Waals surface area contributed by atoms with E-state index in [1.807, 2.05) is 6.07 Å². The van der Waals surface area contributed by atoms with Gasteiger partial charge >= 0.3 is 0 Å². The van der Waals surface area contributed by atoms with Crippen LogP contribution in [0.25, 0.3) is 0 Å². The van der Waals surface area contributed by atoms with Crippen LogP contribution in [0.3, 0.4) is 0 Å². The lowest BCUT2D eigenvalue weighted by atomic mass is 10.1. The quantitative estimate of drug-likeness (QED) is 0.474. The molecule has 2 N–H and O–H groups in total. The molecule has 0 unspecified atom stereocenters. The molecular formula is C25H32N6OS. The van der Waals surface area contributed by atoms with Gasteiger partial charge in [0.05, 0.1) is 0 Å². The summed E-state index contributed by atoms with van der Waals surface area (Å²) in [6, 6.07) is 19.0. The minimum absolute atomic E-state index is 0.0591. The third kappa shape index (κ3) is 6.09. The van der Waals surface area contributed by atoms with Gasteiger partial charge < -0.3 is 10.2 Å². The summed E-state index contributed by atoms with van der Waals surface area (Å²) < 4.78 is 2.27. The first-order valence-electron chi connectivity index (χ1n) is 11.6. The molecule has 0 saturated carbocycles. The van der Waals surface area contributed by atoms with Crippen LogP contribution in [0.4, 0.5) is 5.69 Å². The van der Waals surface area contributed by atoms with Gasteiger partial charge in [-0.3, -0.25) is 19.4 Å². The van der Waals surface area contributed by atoms with Gasteiger partial charge in [-0.05, 0) is 41.9 Å². The van der Waals surface area contributed by atoms with Gasteiger partial charge in [0.25, 0.3) is 0 Å². The van der Waals surface area contributed by atoms with E-state index in [1.165, 1.54) is 11.3 Å². The molecule has 33 heavy (non-hydrogen) atoms. The van der Waals surface area contributed by atoms with Crippen LogP contribution in [0, 0.1) is 4.77 Å². The van der Waals surface area contributed by atoms with Gasteiger partial charge in [-0.1, -0.05) is 49.4 Å². The zero-order chi connectivity index (χ0) is 23.0.